The Morgan fingerprint density at radius 1 is 1.57 bits per heavy atom. The Morgan fingerprint density at radius 2 is 2.36 bits per heavy atom. The van der Waals surface area contributed by atoms with E-state index >= 15 is 0 Å². The zero-order valence-electron chi connectivity index (χ0n) is 7.38. The third-order valence-corrected chi connectivity index (χ3v) is 2.25. The van der Waals surface area contributed by atoms with Gasteiger partial charge in [-0.2, -0.15) is 9.37 Å². The lowest BCUT2D eigenvalue weighted by molar-refractivity contribution is 0.396. The second kappa shape index (κ2) is 3.38. The third kappa shape index (κ3) is 1.48. The molecule has 3 N–H and O–H groups in total. The predicted octanol–water partition coefficient (Wildman–Crippen LogP) is 0.0391. The van der Waals surface area contributed by atoms with Crippen LogP contribution in [0.25, 0.3) is 0 Å². The summed E-state index contributed by atoms with van der Waals surface area (Å²) in [5, 5.41) is 12.1. The van der Waals surface area contributed by atoms with Crippen molar-refractivity contribution in [1.29, 1.82) is 0 Å². The Bertz CT molecular complexity index is 398. The molecule has 6 heteroatoms. The molecule has 14 heavy (non-hydrogen) atoms. The minimum atomic E-state index is -1.23. The number of nitrogens with one attached hydrogen (secondary N) is 2. The van der Waals surface area contributed by atoms with E-state index in [2.05, 4.69) is 15.3 Å². The highest BCUT2D eigenvalue weighted by atomic mass is 19.1. The summed E-state index contributed by atoms with van der Waals surface area (Å²) in [4.78, 5) is 16.8. The van der Waals surface area contributed by atoms with Crippen LogP contribution in [-0.4, -0.2) is 21.6 Å². The first-order valence-electron chi connectivity index (χ1n) is 4.40. The van der Waals surface area contributed by atoms with Crippen LogP contribution in [0.15, 0.2) is 4.79 Å². The van der Waals surface area contributed by atoms with E-state index in [0.29, 0.717) is 5.82 Å². The molecule has 0 bridgehead atoms. The van der Waals surface area contributed by atoms with Crippen molar-refractivity contribution in [2.24, 2.45) is 0 Å². The van der Waals surface area contributed by atoms with E-state index in [1.807, 2.05) is 0 Å². The molecule has 1 aliphatic rings. The monoisotopic (exact) mass is 199 g/mol. The first-order valence-corrected chi connectivity index (χ1v) is 4.40. The molecule has 0 spiro atoms. The van der Waals surface area contributed by atoms with Gasteiger partial charge < -0.3 is 15.4 Å². The van der Waals surface area contributed by atoms with Crippen molar-refractivity contribution < 1.29 is 9.50 Å². The van der Waals surface area contributed by atoms with Crippen LogP contribution in [0.4, 0.5) is 4.39 Å². The molecule has 1 fully saturated rings. The Morgan fingerprint density at radius 3 is 2.93 bits per heavy atom. The molecule has 0 radical (unpaired) electrons. The molecule has 1 aliphatic heterocycles. The van der Waals surface area contributed by atoms with Gasteiger partial charge in [-0.3, -0.25) is 4.79 Å². The molecule has 1 aromatic heterocycles. The van der Waals surface area contributed by atoms with Crippen LogP contribution in [0.3, 0.4) is 0 Å². The first-order chi connectivity index (χ1) is 6.68. The average molecular weight is 199 g/mol. The Labute approximate surface area is 79.0 Å². The van der Waals surface area contributed by atoms with Crippen LogP contribution >= 0.6 is 0 Å². The van der Waals surface area contributed by atoms with E-state index in [0.717, 1.165) is 19.4 Å². The lowest BCUT2D eigenvalue weighted by Gasteiger charge is -2.08. The van der Waals surface area contributed by atoms with Gasteiger partial charge in [0.15, 0.2) is 0 Å². The maximum absolute atomic E-state index is 12.7. The molecule has 0 amide bonds. The fourth-order valence-electron chi connectivity index (χ4n) is 1.55. The molecule has 1 unspecified atom stereocenters. The quantitative estimate of drug-likeness (QED) is 0.596. The molecular weight excluding hydrogens is 189 g/mol. The van der Waals surface area contributed by atoms with Crippen molar-refractivity contribution in [2.75, 3.05) is 6.54 Å². The summed E-state index contributed by atoms with van der Waals surface area (Å²) < 4.78 is 12.7. The van der Waals surface area contributed by atoms with Gasteiger partial charge in [0.25, 0.3) is 11.4 Å². The summed E-state index contributed by atoms with van der Waals surface area (Å²) in [6.45, 7) is 0.840. The molecule has 1 saturated heterocycles. The van der Waals surface area contributed by atoms with Gasteiger partial charge in [0.2, 0.25) is 5.82 Å². The van der Waals surface area contributed by atoms with Gasteiger partial charge in [0.05, 0.1) is 6.04 Å². The lowest BCUT2D eigenvalue weighted by atomic mass is 10.2. The Kier molecular flexibility index (Phi) is 2.20. The minimum Gasteiger partial charge on any atom is -0.491 e. The number of nitrogens with zero attached hydrogens (tertiary/aromatic N) is 1. The summed E-state index contributed by atoms with van der Waals surface area (Å²) >= 11 is 0. The molecule has 0 saturated carbocycles. The standard InChI is InChI=1S/C8H10FN3O2/c9-5-7(13)11-6(12-8(5)14)4-2-1-3-10-4/h4,10H,1-3H2,(H2,11,12,13,14). The fraction of sp³-hybridized carbons (Fsp3) is 0.500. The summed E-state index contributed by atoms with van der Waals surface area (Å²) in [6.07, 6.45) is 1.81. The molecular formula is C8H10FN3O2. The SMILES string of the molecule is O=c1[nH]c(C2CCCN2)nc(O)c1F. The number of hydrogen-bond acceptors (Lipinski definition) is 4. The second-order valence-electron chi connectivity index (χ2n) is 3.24. The van der Waals surface area contributed by atoms with Gasteiger partial charge in [0.1, 0.15) is 5.82 Å². The molecule has 1 atom stereocenters. The van der Waals surface area contributed by atoms with Crippen LogP contribution in [0.2, 0.25) is 0 Å². The van der Waals surface area contributed by atoms with Crippen LogP contribution in [0.5, 0.6) is 5.88 Å². The van der Waals surface area contributed by atoms with Crippen molar-refractivity contribution in [3.05, 3.63) is 22.0 Å². The zero-order chi connectivity index (χ0) is 10.1. The highest BCUT2D eigenvalue weighted by molar-refractivity contribution is 5.12. The van der Waals surface area contributed by atoms with Crippen molar-refractivity contribution >= 4 is 0 Å². The van der Waals surface area contributed by atoms with E-state index in [1.165, 1.54) is 0 Å². The van der Waals surface area contributed by atoms with Crippen LogP contribution in [0, 0.1) is 5.82 Å². The van der Waals surface area contributed by atoms with Crippen LogP contribution in [-0.2, 0) is 0 Å². The van der Waals surface area contributed by atoms with Crippen molar-refractivity contribution in [2.45, 2.75) is 18.9 Å². The van der Waals surface area contributed by atoms with Crippen molar-refractivity contribution in [3.63, 3.8) is 0 Å². The van der Waals surface area contributed by atoms with Gasteiger partial charge >= 0.3 is 0 Å². The summed E-state index contributed by atoms with van der Waals surface area (Å²) in [6, 6.07) is -0.0887. The number of aromatic nitrogens is 2. The number of aromatic hydroxyl groups is 1. The largest absolute Gasteiger partial charge is 0.491 e. The number of halogens is 1. The molecule has 1 aromatic rings. The fourth-order valence-corrected chi connectivity index (χ4v) is 1.55. The number of H-pyrrole nitrogens is 1. The highest BCUT2D eigenvalue weighted by Crippen LogP contribution is 2.20. The maximum Gasteiger partial charge on any atom is 0.291 e. The Balaban J connectivity index is 2.39. The highest BCUT2D eigenvalue weighted by Gasteiger charge is 2.20. The average Bonchev–Trinajstić information content (AvgIpc) is 2.66. The maximum atomic E-state index is 12.7. The molecule has 5 nitrogen and oxygen atoms in total. The van der Waals surface area contributed by atoms with Gasteiger partial charge in [0, 0.05) is 0 Å². The zero-order valence-corrected chi connectivity index (χ0v) is 7.38. The van der Waals surface area contributed by atoms with E-state index in [-0.39, 0.29) is 6.04 Å². The lowest BCUT2D eigenvalue weighted by Crippen LogP contribution is -2.22. The minimum absolute atomic E-state index is 0.0887. The molecule has 76 valence electrons. The summed E-state index contributed by atoms with van der Waals surface area (Å²) in [5.74, 6) is -1.77. The topological polar surface area (TPSA) is 78.0 Å². The van der Waals surface area contributed by atoms with Crippen molar-refractivity contribution in [3.8, 4) is 5.88 Å². The van der Waals surface area contributed by atoms with E-state index in [1.54, 1.807) is 0 Å². The van der Waals surface area contributed by atoms with Gasteiger partial charge in [-0.15, -0.1) is 0 Å². The Hall–Kier alpha value is -1.43. The summed E-state index contributed by atoms with van der Waals surface area (Å²) in [7, 11) is 0. The van der Waals surface area contributed by atoms with E-state index in [9.17, 15) is 9.18 Å². The summed E-state index contributed by atoms with van der Waals surface area (Å²) in [5.41, 5.74) is -0.929. The predicted molar refractivity (Wildman–Crippen MR) is 46.5 cm³/mol. The molecule has 2 rings (SSSR count). The van der Waals surface area contributed by atoms with Crippen LogP contribution in [0.1, 0.15) is 24.7 Å². The first kappa shape index (κ1) is 9.14. The molecule has 0 aromatic carbocycles. The van der Waals surface area contributed by atoms with Crippen LogP contribution < -0.4 is 10.9 Å². The van der Waals surface area contributed by atoms with Crippen molar-refractivity contribution in [1.82, 2.24) is 15.3 Å². The van der Waals surface area contributed by atoms with E-state index in [4.69, 9.17) is 5.11 Å². The smallest absolute Gasteiger partial charge is 0.291 e. The molecule has 2 heterocycles. The third-order valence-electron chi connectivity index (χ3n) is 2.25. The van der Waals surface area contributed by atoms with Gasteiger partial charge in [-0.25, -0.2) is 0 Å². The second-order valence-corrected chi connectivity index (χ2v) is 3.24. The number of hydrogen-bond donors (Lipinski definition) is 3. The van der Waals surface area contributed by atoms with Gasteiger partial charge in [-0.1, -0.05) is 0 Å². The van der Waals surface area contributed by atoms with Gasteiger partial charge in [-0.05, 0) is 19.4 Å². The number of aromatic amines is 1. The molecule has 0 aliphatic carbocycles. The van der Waals surface area contributed by atoms with E-state index < -0.39 is 17.3 Å². The number of rotatable bonds is 1. The normalized spacial score (nSPS) is 21.4.